The molecule has 0 aliphatic carbocycles. The quantitative estimate of drug-likeness (QED) is 0.770. The average Bonchev–Trinajstić information content (AvgIpc) is 2.87. The van der Waals surface area contributed by atoms with Crippen molar-refractivity contribution in [2.24, 2.45) is 0 Å². The Morgan fingerprint density at radius 3 is 2.33 bits per heavy atom. The molecule has 0 N–H and O–H groups in total. The number of hydrogen-bond acceptors (Lipinski definition) is 3. The molecule has 0 saturated carbocycles. The molecule has 3 heteroatoms. The van der Waals surface area contributed by atoms with E-state index in [-0.39, 0.29) is 5.76 Å². The SMILES string of the molecule is COC(=O)c1ccc(-c2ccc(C(C)C)cc2)o1. The lowest BCUT2D eigenvalue weighted by Crippen LogP contribution is -1.98. The summed E-state index contributed by atoms with van der Waals surface area (Å²) >= 11 is 0. The molecule has 0 unspecified atom stereocenters. The van der Waals surface area contributed by atoms with Crippen LogP contribution in [0.25, 0.3) is 11.3 Å². The Labute approximate surface area is 106 Å². The summed E-state index contributed by atoms with van der Waals surface area (Å²) in [6.07, 6.45) is 0. The van der Waals surface area contributed by atoms with Crippen LogP contribution in [0, 0.1) is 0 Å². The molecule has 2 aromatic rings. The van der Waals surface area contributed by atoms with Gasteiger partial charge in [-0.2, -0.15) is 0 Å². The zero-order chi connectivity index (χ0) is 13.1. The summed E-state index contributed by atoms with van der Waals surface area (Å²) in [6, 6.07) is 11.5. The molecule has 0 fully saturated rings. The van der Waals surface area contributed by atoms with Crippen LogP contribution in [-0.4, -0.2) is 13.1 Å². The number of ether oxygens (including phenoxy) is 1. The fraction of sp³-hybridized carbons (Fsp3) is 0.267. The summed E-state index contributed by atoms with van der Waals surface area (Å²) in [6.45, 7) is 4.30. The van der Waals surface area contributed by atoms with Crippen molar-refractivity contribution in [3.63, 3.8) is 0 Å². The minimum atomic E-state index is -0.458. The third-order valence-corrected chi connectivity index (χ3v) is 2.85. The van der Waals surface area contributed by atoms with Crippen LogP contribution in [0.2, 0.25) is 0 Å². The lowest BCUT2D eigenvalue weighted by Gasteiger charge is -2.05. The molecule has 2 rings (SSSR count). The van der Waals surface area contributed by atoms with Gasteiger partial charge in [0.25, 0.3) is 0 Å². The van der Waals surface area contributed by atoms with Crippen molar-refractivity contribution >= 4 is 5.97 Å². The molecule has 1 heterocycles. The maximum Gasteiger partial charge on any atom is 0.373 e. The number of carbonyl (C=O) groups is 1. The van der Waals surface area contributed by atoms with Gasteiger partial charge in [0.15, 0.2) is 0 Å². The van der Waals surface area contributed by atoms with Crippen LogP contribution in [0.4, 0.5) is 0 Å². The van der Waals surface area contributed by atoms with E-state index in [0.29, 0.717) is 11.7 Å². The molecule has 1 aromatic heterocycles. The zero-order valence-corrected chi connectivity index (χ0v) is 10.8. The van der Waals surface area contributed by atoms with Gasteiger partial charge < -0.3 is 9.15 Å². The van der Waals surface area contributed by atoms with Gasteiger partial charge in [-0.15, -0.1) is 0 Å². The van der Waals surface area contributed by atoms with E-state index in [2.05, 4.69) is 30.7 Å². The highest BCUT2D eigenvalue weighted by atomic mass is 16.5. The van der Waals surface area contributed by atoms with Gasteiger partial charge in [0.2, 0.25) is 5.76 Å². The van der Waals surface area contributed by atoms with Crippen LogP contribution in [0.5, 0.6) is 0 Å². The second-order valence-electron chi connectivity index (χ2n) is 4.43. The van der Waals surface area contributed by atoms with Crippen molar-refractivity contribution in [1.82, 2.24) is 0 Å². The molecule has 0 aliphatic heterocycles. The van der Waals surface area contributed by atoms with E-state index >= 15 is 0 Å². The Hall–Kier alpha value is -2.03. The molecule has 1 aromatic carbocycles. The Balaban J connectivity index is 2.26. The van der Waals surface area contributed by atoms with E-state index < -0.39 is 5.97 Å². The van der Waals surface area contributed by atoms with Crippen molar-refractivity contribution in [2.75, 3.05) is 7.11 Å². The Bertz CT molecular complexity index is 535. The number of esters is 1. The van der Waals surface area contributed by atoms with Crippen molar-refractivity contribution in [2.45, 2.75) is 19.8 Å². The van der Waals surface area contributed by atoms with E-state index in [1.807, 2.05) is 12.1 Å². The van der Waals surface area contributed by atoms with Gasteiger partial charge in [-0.05, 0) is 23.6 Å². The van der Waals surface area contributed by atoms with Gasteiger partial charge >= 0.3 is 5.97 Å². The van der Waals surface area contributed by atoms with Gasteiger partial charge in [0, 0.05) is 5.56 Å². The number of hydrogen-bond donors (Lipinski definition) is 0. The Morgan fingerprint density at radius 2 is 1.78 bits per heavy atom. The van der Waals surface area contributed by atoms with Gasteiger partial charge in [0.1, 0.15) is 5.76 Å². The minimum Gasteiger partial charge on any atom is -0.463 e. The first kappa shape index (κ1) is 12.4. The highest BCUT2D eigenvalue weighted by molar-refractivity contribution is 5.87. The molecule has 18 heavy (non-hydrogen) atoms. The van der Waals surface area contributed by atoms with E-state index in [1.165, 1.54) is 12.7 Å². The predicted octanol–water partition coefficient (Wildman–Crippen LogP) is 3.86. The molecule has 0 spiro atoms. The van der Waals surface area contributed by atoms with Crippen LogP contribution in [0.15, 0.2) is 40.8 Å². The normalized spacial score (nSPS) is 10.7. The number of methoxy groups -OCH3 is 1. The summed E-state index contributed by atoms with van der Waals surface area (Å²) < 4.78 is 10.1. The maximum atomic E-state index is 11.3. The Morgan fingerprint density at radius 1 is 1.11 bits per heavy atom. The van der Waals surface area contributed by atoms with Crippen LogP contribution in [0.3, 0.4) is 0 Å². The molecule has 0 radical (unpaired) electrons. The molecular weight excluding hydrogens is 228 g/mol. The van der Waals surface area contributed by atoms with Crippen molar-refractivity contribution in [1.29, 1.82) is 0 Å². The van der Waals surface area contributed by atoms with Gasteiger partial charge in [-0.1, -0.05) is 38.1 Å². The van der Waals surface area contributed by atoms with E-state index in [4.69, 9.17) is 4.42 Å². The smallest absolute Gasteiger partial charge is 0.373 e. The minimum absolute atomic E-state index is 0.223. The van der Waals surface area contributed by atoms with Gasteiger partial charge in [-0.3, -0.25) is 0 Å². The van der Waals surface area contributed by atoms with Crippen LogP contribution < -0.4 is 0 Å². The Kier molecular flexibility index (Phi) is 3.51. The average molecular weight is 244 g/mol. The molecule has 3 nitrogen and oxygen atoms in total. The summed E-state index contributed by atoms with van der Waals surface area (Å²) in [5.74, 6) is 0.937. The second-order valence-corrected chi connectivity index (χ2v) is 4.43. The van der Waals surface area contributed by atoms with Crippen LogP contribution in [0.1, 0.15) is 35.9 Å². The molecule has 0 bridgehead atoms. The molecule has 0 atom stereocenters. The molecule has 0 saturated heterocycles. The van der Waals surface area contributed by atoms with Crippen molar-refractivity contribution in [3.05, 3.63) is 47.7 Å². The third-order valence-electron chi connectivity index (χ3n) is 2.85. The zero-order valence-electron chi connectivity index (χ0n) is 10.8. The first-order chi connectivity index (χ1) is 8.61. The fourth-order valence-electron chi connectivity index (χ4n) is 1.74. The monoisotopic (exact) mass is 244 g/mol. The third kappa shape index (κ3) is 2.45. The predicted molar refractivity (Wildman–Crippen MR) is 69.6 cm³/mol. The molecular formula is C15H16O3. The molecule has 0 aliphatic rings. The van der Waals surface area contributed by atoms with E-state index in [9.17, 15) is 4.79 Å². The first-order valence-electron chi connectivity index (χ1n) is 5.90. The summed E-state index contributed by atoms with van der Waals surface area (Å²) in [5.41, 5.74) is 2.23. The summed E-state index contributed by atoms with van der Waals surface area (Å²) in [5, 5.41) is 0. The highest BCUT2D eigenvalue weighted by Crippen LogP contribution is 2.24. The summed E-state index contributed by atoms with van der Waals surface area (Å²) in [4.78, 5) is 11.3. The number of rotatable bonds is 3. The largest absolute Gasteiger partial charge is 0.463 e. The van der Waals surface area contributed by atoms with Crippen LogP contribution in [-0.2, 0) is 4.74 Å². The lowest BCUT2D eigenvalue weighted by atomic mass is 10.0. The maximum absolute atomic E-state index is 11.3. The molecule has 0 amide bonds. The van der Waals surface area contributed by atoms with E-state index in [1.54, 1.807) is 12.1 Å². The lowest BCUT2D eigenvalue weighted by molar-refractivity contribution is 0.0566. The second kappa shape index (κ2) is 5.08. The standard InChI is InChI=1S/C15H16O3/c1-10(2)11-4-6-12(7-5-11)13-8-9-14(18-13)15(16)17-3/h4-10H,1-3H3. The van der Waals surface area contributed by atoms with E-state index in [0.717, 1.165) is 5.56 Å². The van der Waals surface area contributed by atoms with Crippen molar-refractivity contribution in [3.8, 4) is 11.3 Å². The van der Waals surface area contributed by atoms with Crippen molar-refractivity contribution < 1.29 is 13.9 Å². The van der Waals surface area contributed by atoms with Gasteiger partial charge in [-0.25, -0.2) is 4.79 Å². The number of furan rings is 1. The van der Waals surface area contributed by atoms with Crippen LogP contribution >= 0.6 is 0 Å². The molecule has 94 valence electrons. The highest BCUT2D eigenvalue weighted by Gasteiger charge is 2.12. The summed E-state index contributed by atoms with van der Waals surface area (Å²) in [7, 11) is 1.34. The first-order valence-corrected chi connectivity index (χ1v) is 5.90. The number of benzene rings is 1. The number of carbonyl (C=O) groups excluding carboxylic acids is 1. The van der Waals surface area contributed by atoms with Gasteiger partial charge in [0.05, 0.1) is 7.11 Å². The topological polar surface area (TPSA) is 39.4 Å². The fourth-order valence-corrected chi connectivity index (χ4v) is 1.74.